The Hall–Kier alpha value is -1.91. The third-order valence-electron chi connectivity index (χ3n) is 5.53. The topological polar surface area (TPSA) is 49.4 Å². The van der Waals surface area contributed by atoms with E-state index in [1.807, 2.05) is 4.90 Å². The number of hydrogen-bond donors (Lipinski definition) is 1. The van der Waals surface area contributed by atoms with Gasteiger partial charge in [0.1, 0.15) is 5.82 Å². The highest BCUT2D eigenvalue weighted by molar-refractivity contribution is 5.84. The van der Waals surface area contributed by atoms with Crippen LogP contribution >= 0.6 is 0 Å². The number of benzene rings is 1. The quantitative estimate of drug-likeness (QED) is 0.922. The van der Waals surface area contributed by atoms with Crippen molar-refractivity contribution in [2.45, 2.75) is 44.1 Å². The average Bonchev–Trinajstić information content (AvgIpc) is 3.50. The lowest BCUT2D eigenvalue weighted by molar-refractivity contribution is -0.137. The van der Waals surface area contributed by atoms with Crippen molar-refractivity contribution in [2.75, 3.05) is 13.1 Å². The van der Waals surface area contributed by atoms with Crippen molar-refractivity contribution in [3.8, 4) is 0 Å². The zero-order chi connectivity index (χ0) is 16.7. The van der Waals surface area contributed by atoms with E-state index in [9.17, 15) is 14.0 Å². The molecule has 4 nitrogen and oxygen atoms in total. The van der Waals surface area contributed by atoms with Gasteiger partial charge in [-0.05, 0) is 44.6 Å². The smallest absolute Gasteiger partial charge is 0.225 e. The van der Waals surface area contributed by atoms with Crippen molar-refractivity contribution in [1.29, 1.82) is 0 Å². The fourth-order valence-electron chi connectivity index (χ4n) is 3.75. The number of rotatable bonds is 4. The molecular formula is C19H23FN2O2. The van der Waals surface area contributed by atoms with Gasteiger partial charge in [-0.3, -0.25) is 9.59 Å². The van der Waals surface area contributed by atoms with E-state index in [-0.39, 0.29) is 29.5 Å². The molecule has 5 heteroatoms. The maximum absolute atomic E-state index is 14.1. The van der Waals surface area contributed by atoms with E-state index in [4.69, 9.17) is 0 Å². The first kappa shape index (κ1) is 15.6. The lowest BCUT2D eigenvalue weighted by Gasteiger charge is -2.33. The fraction of sp³-hybridized carbons (Fsp3) is 0.579. The van der Waals surface area contributed by atoms with Gasteiger partial charge in [-0.25, -0.2) is 4.39 Å². The lowest BCUT2D eigenvalue weighted by atomic mass is 9.95. The zero-order valence-electron chi connectivity index (χ0n) is 13.8. The second kappa shape index (κ2) is 5.87. The number of amides is 2. The molecule has 0 bridgehead atoms. The molecule has 0 aromatic heterocycles. The molecule has 4 rings (SSSR count). The molecule has 1 saturated heterocycles. The normalized spacial score (nSPS) is 25.2. The summed E-state index contributed by atoms with van der Waals surface area (Å²) in [5, 5.41) is 3.08. The highest BCUT2D eigenvalue weighted by Crippen LogP contribution is 2.46. The second-order valence-electron chi connectivity index (χ2n) is 7.45. The molecular weight excluding hydrogens is 307 g/mol. The summed E-state index contributed by atoms with van der Waals surface area (Å²) in [4.78, 5) is 26.8. The van der Waals surface area contributed by atoms with Gasteiger partial charge in [0.25, 0.3) is 0 Å². The first-order valence-electron chi connectivity index (χ1n) is 8.95. The molecule has 2 aliphatic carbocycles. The van der Waals surface area contributed by atoms with Crippen LogP contribution in [0.25, 0.3) is 0 Å². The zero-order valence-corrected chi connectivity index (χ0v) is 13.8. The molecule has 1 aromatic rings. The predicted molar refractivity (Wildman–Crippen MR) is 87.5 cm³/mol. The minimum absolute atomic E-state index is 0.0379. The van der Waals surface area contributed by atoms with Gasteiger partial charge < -0.3 is 10.2 Å². The van der Waals surface area contributed by atoms with Gasteiger partial charge in [-0.1, -0.05) is 18.2 Å². The molecule has 1 N–H and O–H groups in total. The monoisotopic (exact) mass is 330 g/mol. The number of likely N-dealkylation sites (tertiary alicyclic amines) is 1. The minimum Gasteiger partial charge on any atom is -0.346 e. The number of carbonyl (C=O) groups excluding carboxylic acids is 2. The van der Waals surface area contributed by atoms with Crippen molar-refractivity contribution >= 4 is 11.8 Å². The summed E-state index contributed by atoms with van der Waals surface area (Å²) in [7, 11) is 0. The standard InChI is InChI=1S/C19H23FN2O2/c20-16-6-2-1-5-15(16)19(9-10-19)21-17(23)14-4-3-11-22(12-14)18(24)13-7-8-13/h1-2,5-6,13-14H,3-4,7-12H2,(H,21,23)/t14-/m0/s1. The predicted octanol–water partition coefficient (Wildman–Crippen LogP) is 2.58. The van der Waals surface area contributed by atoms with Gasteiger partial charge in [0.15, 0.2) is 0 Å². The van der Waals surface area contributed by atoms with Crippen LogP contribution in [0.4, 0.5) is 4.39 Å². The summed E-state index contributed by atoms with van der Waals surface area (Å²) in [5.74, 6) is -0.0676. The Labute approximate surface area is 141 Å². The van der Waals surface area contributed by atoms with Crippen LogP contribution in [0.5, 0.6) is 0 Å². The van der Waals surface area contributed by atoms with Crippen LogP contribution in [0.3, 0.4) is 0 Å². The van der Waals surface area contributed by atoms with Crippen molar-refractivity contribution < 1.29 is 14.0 Å². The molecule has 1 aliphatic heterocycles. The van der Waals surface area contributed by atoms with Crippen molar-refractivity contribution in [1.82, 2.24) is 10.2 Å². The van der Waals surface area contributed by atoms with Crippen molar-refractivity contribution in [3.05, 3.63) is 35.6 Å². The van der Waals surface area contributed by atoms with Crippen molar-refractivity contribution in [2.24, 2.45) is 11.8 Å². The van der Waals surface area contributed by atoms with Gasteiger partial charge in [0.2, 0.25) is 11.8 Å². The Bertz CT molecular complexity index is 667. The summed E-state index contributed by atoms with van der Waals surface area (Å²) >= 11 is 0. The van der Waals surface area contributed by atoms with E-state index in [0.29, 0.717) is 12.1 Å². The molecule has 24 heavy (non-hydrogen) atoms. The molecule has 3 fully saturated rings. The number of halogens is 1. The van der Waals surface area contributed by atoms with Gasteiger partial charge in [-0.15, -0.1) is 0 Å². The third kappa shape index (κ3) is 2.92. The summed E-state index contributed by atoms with van der Waals surface area (Å²) in [6.45, 7) is 1.27. The molecule has 0 radical (unpaired) electrons. The van der Waals surface area contributed by atoms with Crippen LogP contribution in [0.1, 0.15) is 44.1 Å². The van der Waals surface area contributed by atoms with E-state index in [1.165, 1.54) is 6.07 Å². The van der Waals surface area contributed by atoms with E-state index >= 15 is 0 Å². The Morgan fingerprint density at radius 2 is 1.88 bits per heavy atom. The van der Waals surface area contributed by atoms with Gasteiger partial charge in [-0.2, -0.15) is 0 Å². The largest absolute Gasteiger partial charge is 0.346 e. The first-order valence-corrected chi connectivity index (χ1v) is 8.95. The van der Waals surface area contributed by atoms with E-state index < -0.39 is 5.54 Å². The van der Waals surface area contributed by atoms with Crippen LogP contribution in [0, 0.1) is 17.7 Å². The van der Waals surface area contributed by atoms with Crippen LogP contribution in [-0.2, 0) is 15.1 Å². The van der Waals surface area contributed by atoms with Gasteiger partial charge in [0.05, 0.1) is 11.5 Å². The Kier molecular flexibility index (Phi) is 3.82. The van der Waals surface area contributed by atoms with Crippen LogP contribution in [-0.4, -0.2) is 29.8 Å². The van der Waals surface area contributed by atoms with Crippen LogP contribution < -0.4 is 5.32 Å². The van der Waals surface area contributed by atoms with Gasteiger partial charge >= 0.3 is 0 Å². The molecule has 1 aromatic carbocycles. The Balaban J connectivity index is 1.42. The van der Waals surface area contributed by atoms with Crippen LogP contribution in [0.2, 0.25) is 0 Å². The number of hydrogen-bond acceptors (Lipinski definition) is 2. The number of carbonyl (C=O) groups is 2. The highest BCUT2D eigenvalue weighted by atomic mass is 19.1. The average molecular weight is 330 g/mol. The molecule has 1 atom stereocenters. The highest BCUT2D eigenvalue weighted by Gasteiger charge is 2.48. The SMILES string of the molecule is O=C(NC1(c2ccccc2F)CC1)[C@H]1CCCN(C(=O)C2CC2)C1. The number of nitrogens with one attached hydrogen (secondary N) is 1. The summed E-state index contributed by atoms with van der Waals surface area (Å²) in [5.41, 5.74) is 0.0469. The number of piperidine rings is 1. The van der Waals surface area contributed by atoms with E-state index in [1.54, 1.807) is 18.2 Å². The fourth-order valence-corrected chi connectivity index (χ4v) is 3.75. The summed E-state index contributed by atoms with van der Waals surface area (Å²) < 4.78 is 14.1. The molecule has 2 saturated carbocycles. The molecule has 2 amide bonds. The molecule has 1 heterocycles. The maximum Gasteiger partial charge on any atom is 0.225 e. The van der Waals surface area contributed by atoms with Crippen LogP contribution in [0.15, 0.2) is 24.3 Å². The maximum atomic E-state index is 14.1. The lowest BCUT2D eigenvalue weighted by Crippen LogP contribution is -2.48. The molecule has 0 unspecified atom stereocenters. The summed E-state index contributed by atoms with van der Waals surface area (Å²) in [6, 6.07) is 6.67. The van der Waals surface area contributed by atoms with E-state index in [0.717, 1.165) is 45.1 Å². The Morgan fingerprint density at radius 1 is 1.12 bits per heavy atom. The molecule has 3 aliphatic rings. The van der Waals surface area contributed by atoms with E-state index in [2.05, 4.69) is 5.32 Å². The first-order chi connectivity index (χ1) is 11.6. The summed E-state index contributed by atoms with van der Waals surface area (Å²) in [6.07, 6.45) is 5.19. The second-order valence-corrected chi connectivity index (χ2v) is 7.45. The van der Waals surface area contributed by atoms with Crippen molar-refractivity contribution in [3.63, 3.8) is 0 Å². The Morgan fingerprint density at radius 3 is 2.54 bits per heavy atom. The molecule has 128 valence electrons. The number of nitrogens with zero attached hydrogens (tertiary/aromatic N) is 1. The minimum atomic E-state index is -0.537. The third-order valence-corrected chi connectivity index (χ3v) is 5.53. The molecule has 0 spiro atoms. The van der Waals surface area contributed by atoms with Gasteiger partial charge in [0, 0.05) is 24.6 Å².